The van der Waals surface area contributed by atoms with Crippen molar-refractivity contribution in [1.82, 2.24) is 19.7 Å². The normalized spacial score (nSPS) is 10.6. The van der Waals surface area contributed by atoms with Crippen LogP contribution in [0.3, 0.4) is 0 Å². The van der Waals surface area contributed by atoms with E-state index >= 15 is 0 Å². The largest absolute Gasteiger partial charge is 0.478 e. The maximum Gasteiger partial charge on any atom is 0.339 e. The lowest BCUT2D eigenvalue weighted by atomic mass is 10.3. The number of aromatic nitrogens is 4. The van der Waals surface area contributed by atoms with Crippen molar-refractivity contribution in [3.8, 4) is 5.82 Å². The molecule has 7 heteroatoms. The van der Waals surface area contributed by atoms with Crippen LogP contribution in [0.15, 0.2) is 17.1 Å². The molecule has 0 aliphatic rings. The van der Waals surface area contributed by atoms with Gasteiger partial charge < -0.3 is 10.1 Å². The van der Waals surface area contributed by atoms with Gasteiger partial charge in [-0.25, -0.2) is 14.5 Å². The molecule has 2 N–H and O–H groups in total. The van der Waals surface area contributed by atoms with Crippen molar-refractivity contribution in [2.75, 3.05) is 0 Å². The summed E-state index contributed by atoms with van der Waals surface area (Å²) in [6.45, 7) is 3.45. The summed E-state index contributed by atoms with van der Waals surface area (Å²) in [7, 11) is 0. The van der Waals surface area contributed by atoms with E-state index in [9.17, 15) is 9.59 Å². The minimum Gasteiger partial charge on any atom is -0.478 e. The lowest BCUT2D eigenvalue weighted by Gasteiger charge is -2.01. The van der Waals surface area contributed by atoms with Crippen molar-refractivity contribution in [1.29, 1.82) is 0 Å². The van der Waals surface area contributed by atoms with E-state index in [1.165, 1.54) is 16.9 Å². The summed E-state index contributed by atoms with van der Waals surface area (Å²) < 4.78 is 1.30. The van der Waals surface area contributed by atoms with Gasteiger partial charge in [-0.15, -0.1) is 0 Å². The minimum absolute atomic E-state index is 0.0927. The van der Waals surface area contributed by atoms with Crippen LogP contribution in [0.25, 0.3) is 5.82 Å². The number of aromatic amines is 1. The third kappa shape index (κ3) is 2.15. The second-order valence-electron chi connectivity index (χ2n) is 3.78. The van der Waals surface area contributed by atoms with Crippen molar-refractivity contribution in [2.24, 2.45) is 0 Å². The Bertz CT molecular complexity index is 657. The molecular weight excluding hydrogens is 236 g/mol. The summed E-state index contributed by atoms with van der Waals surface area (Å²) in [6, 6.07) is 1.28. The average Bonchev–Trinajstić information content (AvgIpc) is 2.70. The number of hydrogen-bond donors (Lipinski definition) is 2. The zero-order chi connectivity index (χ0) is 13.3. The Labute approximate surface area is 102 Å². The third-order valence-corrected chi connectivity index (χ3v) is 2.48. The molecule has 0 aliphatic carbocycles. The molecule has 18 heavy (non-hydrogen) atoms. The summed E-state index contributed by atoms with van der Waals surface area (Å²) >= 11 is 0. The van der Waals surface area contributed by atoms with E-state index in [4.69, 9.17) is 5.11 Å². The molecule has 2 heterocycles. The topological polar surface area (TPSA) is 101 Å². The molecule has 2 rings (SSSR count). The fourth-order valence-electron chi connectivity index (χ4n) is 1.57. The predicted octanol–water partition coefficient (Wildman–Crippen LogP) is 0.525. The maximum atomic E-state index is 11.4. The number of hydrogen-bond acceptors (Lipinski definition) is 4. The summed E-state index contributed by atoms with van der Waals surface area (Å²) in [5.41, 5.74) is 0.180. The monoisotopic (exact) mass is 248 g/mol. The second kappa shape index (κ2) is 4.44. The van der Waals surface area contributed by atoms with E-state index in [0.717, 1.165) is 0 Å². The van der Waals surface area contributed by atoms with Crippen LogP contribution in [-0.4, -0.2) is 30.8 Å². The Morgan fingerprint density at radius 2 is 2.28 bits per heavy atom. The van der Waals surface area contributed by atoms with Gasteiger partial charge in [-0.05, 0) is 6.92 Å². The van der Waals surface area contributed by atoms with Gasteiger partial charge in [0.1, 0.15) is 11.4 Å². The highest BCUT2D eigenvalue weighted by atomic mass is 16.4. The fraction of sp³-hybridized carbons (Fsp3) is 0.273. The van der Waals surface area contributed by atoms with Gasteiger partial charge in [-0.1, -0.05) is 6.92 Å². The van der Waals surface area contributed by atoms with Crippen LogP contribution in [0.2, 0.25) is 0 Å². The summed E-state index contributed by atoms with van der Waals surface area (Å²) in [4.78, 5) is 29.1. The third-order valence-electron chi connectivity index (χ3n) is 2.48. The molecule has 0 atom stereocenters. The van der Waals surface area contributed by atoms with Crippen LogP contribution in [0.1, 0.15) is 28.8 Å². The molecule has 0 bridgehead atoms. The molecule has 2 aromatic heterocycles. The van der Waals surface area contributed by atoms with Gasteiger partial charge >= 0.3 is 5.97 Å². The molecule has 0 aromatic carbocycles. The van der Waals surface area contributed by atoms with Crippen LogP contribution in [0.4, 0.5) is 0 Å². The second-order valence-corrected chi connectivity index (χ2v) is 3.78. The quantitative estimate of drug-likeness (QED) is 0.824. The van der Waals surface area contributed by atoms with E-state index in [1.807, 2.05) is 6.92 Å². The van der Waals surface area contributed by atoms with Gasteiger partial charge in [0.15, 0.2) is 5.82 Å². The van der Waals surface area contributed by atoms with Gasteiger partial charge in [-0.2, -0.15) is 5.10 Å². The molecule has 94 valence electrons. The van der Waals surface area contributed by atoms with Gasteiger partial charge in [0.05, 0.1) is 5.69 Å². The Balaban J connectivity index is 2.55. The van der Waals surface area contributed by atoms with Crippen molar-refractivity contribution in [2.45, 2.75) is 20.3 Å². The summed E-state index contributed by atoms with van der Waals surface area (Å²) in [5.74, 6) is -0.215. The number of rotatable bonds is 3. The Hall–Kier alpha value is -2.44. The van der Waals surface area contributed by atoms with Crippen LogP contribution >= 0.6 is 0 Å². The number of H-pyrrole nitrogens is 1. The highest BCUT2D eigenvalue weighted by molar-refractivity contribution is 5.88. The van der Waals surface area contributed by atoms with Crippen LogP contribution in [-0.2, 0) is 6.42 Å². The zero-order valence-electron chi connectivity index (χ0n) is 9.97. The van der Waals surface area contributed by atoms with E-state index in [0.29, 0.717) is 23.8 Å². The van der Waals surface area contributed by atoms with E-state index in [2.05, 4.69) is 15.1 Å². The summed E-state index contributed by atoms with van der Waals surface area (Å²) in [5, 5.41) is 13.0. The molecular formula is C11H12N4O3. The first-order valence-corrected chi connectivity index (χ1v) is 5.41. The average molecular weight is 248 g/mol. The lowest BCUT2D eigenvalue weighted by molar-refractivity contribution is 0.0696. The smallest absolute Gasteiger partial charge is 0.339 e. The van der Waals surface area contributed by atoms with E-state index < -0.39 is 5.97 Å². The van der Waals surface area contributed by atoms with E-state index in [1.54, 1.807) is 6.92 Å². The number of nitrogens with zero attached hydrogens (tertiary/aromatic N) is 3. The van der Waals surface area contributed by atoms with Gasteiger partial charge in [0.2, 0.25) is 0 Å². The molecule has 0 saturated heterocycles. The first kappa shape index (κ1) is 12.0. The highest BCUT2D eigenvalue weighted by Crippen LogP contribution is 2.09. The standard InChI is InChI=1S/C11H12N4O3/c1-3-8-12-9(4-10(16)13-8)15-5-7(11(17)18)6(2)14-15/h4-5H,3H2,1-2H3,(H,17,18)(H,12,13,16). The van der Waals surface area contributed by atoms with Crippen molar-refractivity contribution in [3.63, 3.8) is 0 Å². The lowest BCUT2D eigenvalue weighted by Crippen LogP contribution is -2.13. The number of aromatic carboxylic acids is 1. The molecule has 0 radical (unpaired) electrons. The Morgan fingerprint density at radius 1 is 1.56 bits per heavy atom. The highest BCUT2D eigenvalue weighted by Gasteiger charge is 2.13. The molecule has 0 amide bonds. The molecule has 7 nitrogen and oxygen atoms in total. The maximum absolute atomic E-state index is 11.4. The van der Waals surface area contributed by atoms with Crippen LogP contribution in [0, 0.1) is 6.92 Å². The number of aryl methyl sites for hydroxylation is 2. The molecule has 0 aliphatic heterocycles. The first-order chi connectivity index (χ1) is 8.51. The Morgan fingerprint density at radius 3 is 2.83 bits per heavy atom. The number of carboxylic acids is 1. The molecule has 0 spiro atoms. The first-order valence-electron chi connectivity index (χ1n) is 5.41. The number of carbonyl (C=O) groups is 1. The Kier molecular flexibility index (Phi) is 2.97. The van der Waals surface area contributed by atoms with Crippen molar-refractivity contribution < 1.29 is 9.90 Å². The fourth-order valence-corrected chi connectivity index (χ4v) is 1.57. The van der Waals surface area contributed by atoms with E-state index in [-0.39, 0.29) is 11.1 Å². The number of nitrogens with one attached hydrogen (secondary N) is 1. The van der Waals surface area contributed by atoms with Crippen molar-refractivity contribution >= 4 is 5.97 Å². The SMILES string of the molecule is CCc1nc(-n2cc(C(=O)O)c(C)n2)cc(=O)[nH]1. The van der Waals surface area contributed by atoms with Gasteiger partial charge in [-0.3, -0.25) is 4.79 Å². The molecule has 0 saturated carbocycles. The van der Waals surface area contributed by atoms with Gasteiger partial charge in [0, 0.05) is 18.7 Å². The molecule has 2 aromatic rings. The number of carboxylic acid groups (broad SMARTS) is 1. The van der Waals surface area contributed by atoms with Crippen LogP contribution in [0.5, 0.6) is 0 Å². The van der Waals surface area contributed by atoms with Gasteiger partial charge in [0.25, 0.3) is 5.56 Å². The van der Waals surface area contributed by atoms with Crippen LogP contribution < -0.4 is 5.56 Å². The predicted molar refractivity (Wildman–Crippen MR) is 63.1 cm³/mol. The molecule has 0 unspecified atom stereocenters. The minimum atomic E-state index is -1.06. The van der Waals surface area contributed by atoms with Crippen molar-refractivity contribution in [3.05, 3.63) is 39.7 Å². The summed E-state index contributed by atoms with van der Waals surface area (Å²) in [6.07, 6.45) is 1.92. The zero-order valence-corrected chi connectivity index (χ0v) is 9.97. The molecule has 0 fully saturated rings.